The number of aryl methyl sites for hydroxylation is 1. The Morgan fingerprint density at radius 1 is 1.25 bits per heavy atom. The second-order valence-electron chi connectivity index (χ2n) is 6.75. The van der Waals surface area contributed by atoms with Crippen LogP contribution in [0.5, 0.6) is 0 Å². The fourth-order valence-electron chi connectivity index (χ4n) is 3.72. The number of benzene rings is 1. The molecule has 0 spiro atoms. The molecule has 0 aromatic heterocycles. The van der Waals surface area contributed by atoms with E-state index in [4.69, 9.17) is 0 Å². The van der Waals surface area contributed by atoms with Crippen molar-refractivity contribution in [2.24, 2.45) is 11.8 Å². The lowest BCUT2D eigenvalue weighted by Crippen LogP contribution is -2.32. The summed E-state index contributed by atoms with van der Waals surface area (Å²) in [5, 5.41) is 3.84. The van der Waals surface area contributed by atoms with Crippen molar-refractivity contribution in [1.29, 1.82) is 0 Å². The summed E-state index contributed by atoms with van der Waals surface area (Å²) in [5.74, 6) is 1.70. The van der Waals surface area contributed by atoms with Gasteiger partial charge in [0.25, 0.3) is 0 Å². The van der Waals surface area contributed by atoms with Crippen LogP contribution in [0.2, 0.25) is 0 Å². The van der Waals surface area contributed by atoms with E-state index in [2.05, 4.69) is 51.2 Å². The predicted molar refractivity (Wildman–Crippen MR) is 88.1 cm³/mol. The summed E-state index contributed by atoms with van der Waals surface area (Å²) in [6.07, 6.45) is 6.81. The van der Waals surface area contributed by atoms with Gasteiger partial charge in [-0.25, -0.2) is 0 Å². The number of hydrogen-bond acceptors (Lipinski definition) is 1. The largest absolute Gasteiger partial charge is 0.310 e. The van der Waals surface area contributed by atoms with E-state index in [-0.39, 0.29) is 0 Å². The van der Waals surface area contributed by atoms with Crippen LogP contribution in [0.4, 0.5) is 0 Å². The molecule has 1 nitrogen and oxygen atoms in total. The molecule has 1 N–H and O–H groups in total. The molecular formula is C19H31N. The Labute approximate surface area is 125 Å². The zero-order valence-corrected chi connectivity index (χ0v) is 13.7. The molecule has 0 heterocycles. The van der Waals surface area contributed by atoms with Crippen molar-refractivity contribution in [3.63, 3.8) is 0 Å². The molecule has 0 saturated heterocycles. The van der Waals surface area contributed by atoms with Crippen LogP contribution >= 0.6 is 0 Å². The summed E-state index contributed by atoms with van der Waals surface area (Å²) in [6, 6.07) is 7.36. The maximum absolute atomic E-state index is 3.84. The molecule has 2 rings (SSSR count). The third kappa shape index (κ3) is 3.63. The molecule has 1 aromatic carbocycles. The SMILES string of the molecule is CCCNC(c1cccc(C)c1C)C1CCCC(C)C1. The number of nitrogens with one attached hydrogen (secondary N) is 1. The van der Waals surface area contributed by atoms with Gasteiger partial charge >= 0.3 is 0 Å². The molecule has 3 atom stereocenters. The Morgan fingerprint density at radius 2 is 2.05 bits per heavy atom. The Kier molecular flexibility index (Phi) is 5.65. The van der Waals surface area contributed by atoms with Gasteiger partial charge in [0.05, 0.1) is 0 Å². The molecule has 0 aliphatic heterocycles. The van der Waals surface area contributed by atoms with Crippen LogP contribution in [0.25, 0.3) is 0 Å². The van der Waals surface area contributed by atoms with E-state index >= 15 is 0 Å². The van der Waals surface area contributed by atoms with Gasteiger partial charge in [0, 0.05) is 6.04 Å². The molecule has 0 amide bonds. The standard InChI is InChI=1S/C19H31N/c1-5-12-20-19(17-10-6-8-14(2)13-17)18-11-7-9-15(3)16(18)4/h7,9,11,14,17,19-20H,5-6,8,10,12-13H2,1-4H3. The molecule has 1 aliphatic rings. The summed E-state index contributed by atoms with van der Waals surface area (Å²) in [4.78, 5) is 0. The van der Waals surface area contributed by atoms with Crippen molar-refractivity contribution in [1.82, 2.24) is 5.32 Å². The highest BCUT2D eigenvalue weighted by atomic mass is 14.9. The lowest BCUT2D eigenvalue weighted by molar-refractivity contribution is 0.223. The van der Waals surface area contributed by atoms with Crippen molar-refractivity contribution in [3.05, 3.63) is 34.9 Å². The number of rotatable bonds is 5. The van der Waals surface area contributed by atoms with E-state index in [1.165, 1.54) is 48.8 Å². The van der Waals surface area contributed by atoms with E-state index in [1.807, 2.05) is 0 Å². The lowest BCUT2D eigenvalue weighted by Gasteiger charge is -2.35. The van der Waals surface area contributed by atoms with Crippen LogP contribution in [0.1, 0.15) is 68.7 Å². The third-order valence-corrected chi connectivity index (χ3v) is 5.04. The quantitative estimate of drug-likeness (QED) is 0.780. The molecular weight excluding hydrogens is 242 g/mol. The molecule has 1 heteroatoms. The molecule has 1 saturated carbocycles. The summed E-state index contributed by atoms with van der Waals surface area (Å²) >= 11 is 0. The van der Waals surface area contributed by atoms with Crippen molar-refractivity contribution in [2.45, 2.75) is 65.8 Å². The van der Waals surface area contributed by atoms with Crippen LogP contribution < -0.4 is 5.32 Å². The first-order chi connectivity index (χ1) is 9.63. The van der Waals surface area contributed by atoms with Crippen molar-refractivity contribution in [3.8, 4) is 0 Å². The monoisotopic (exact) mass is 273 g/mol. The highest BCUT2D eigenvalue weighted by Crippen LogP contribution is 2.38. The van der Waals surface area contributed by atoms with Gasteiger partial charge in [0.1, 0.15) is 0 Å². The topological polar surface area (TPSA) is 12.0 Å². The molecule has 20 heavy (non-hydrogen) atoms. The van der Waals surface area contributed by atoms with Gasteiger partial charge in [-0.15, -0.1) is 0 Å². The van der Waals surface area contributed by atoms with Gasteiger partial charge in [-0.1, -0.05) is 44.9 Å². The molecule has 0 radical (unpaired) electrons. The Morgan fingerprint density at radius 3 is 2.75 bits per heavy atom. The Balaban J connectivity index is 2.24. The average Bonchev–Trinajstić information content (AvgIpc) is 2.44. The normalized spacial score (nSPS) is 24.6. The minimum atomic E-state index is 0.553. The van der Waals surface area contributed by atoms with Crippen LogP contribution in [0.3, 0.4) is 0 Å². The first-order valence-corrected chi connectivity index (χ1v) is 8.43. The second kappa shape index (κ2) is 7.26. The fourth-order valence-corrected chi connectivity index (χ4v) is 3.72. The summed E-state index contributed by atoms with van der Waals surface area (Å²) in [5.41, 5.74) is 4.45. The fraction of sp³-hybridized carbons (Fsp3) is 0.684. The summed E-state index contributed by atoms with van der Waals surface area (Å²) < 4.78 is 0. The summed E-state index contributed by atoms with van der Waals surface area (Å²) in [6.45, 7) is 10.3. The van der Waals surface area contributed by atoms with Crippen molar-refractivity contribution < 1.29 is 0 Å². The molecule has 0 bridgehead atoms. The molecule has 3 unspecified atom stereocenters. The lowest BCUT2D eigenvalue weighted by atomic mass is 9.75. The van der Waals surface area contributed by atoms with Gasteiger partial charge in [0.15, 0.2) is 0 Å². The van der Waals surface area contributed by atoms with Crippen LogP contribution in [-0.4, -0.2) is 6.54 Å². The average molecular weight is 273 g/mol. The molecule has 1 fully saturated rings. The number of hydrogen-bond donors (Lipinski definition) is 1. The third-order valence-electron chi connectivity index (χ3n) is 5.04. The second-order valence-corrected chi connectivity index (χ2v) is 6.75. The van der Waals surface area contributed by atoms with Crippen LogP contribution in [0.15, 0.2) is 18.2 Å². The van der Waals surface area contributed by atoms with Crippen molar-refractivity contribution in [2.75, 3.05) is 6.54 Å². The van der Waals surface area contributed by atoms with Crippen LogP contribution in [-0.2, 0) is 0 Å². The van der Waals surface area contributed by atoms with E-state index in [1.54, 1.807) is 0 Å². The maximum atomic E-state index is 3.84. The minimum Gasteiger partial charge on any atom is -0.310 e. The zero-order valence-electron chi connectivity index (χ0n) is 13.7. The first-order valence-electron chi connectivity index (χ1n) is 8.43. The summed E-state index contributed by atoms with van der Waals surface area (Å²) in [7, 11) is 0. The maximum Gasteiger partial charge on any atom is 0.0351 e. The predicted octanol–water partition coefficient (Wildman–Crippen LogP) is 5.17. The molecule has 1 aliphatic carbocycles. The van der Waals surface area contributed by atoms with E-state index in [9.17, 15) is 0 Å². The van der Waals surface area contributed by atoms with Crippen molar-refractivity contribution >= 4 is 0 Å². The molecule has 112 valence electrons. The smallest absolute Gasteiger partial charge is 0.0351 e. The Bertz CT molecular complexity index is 424. The van der Waals surface area contributed by atoms with Gasteiger partial charge in [-0.2, -0.15) is 0 Å². The van der Waals surface area contributed by atoms with E-state index < -0.39 is 0 Å². The van der Waals surface area contributed by atoms with Gasteiger partial charge in [0.2, 0.25) is 0 Å². The van der Waals surface area contributed by atoms with Gasteiger partial charge in [-0.05, 0) is 68.2 Å². The van der Waals surface area contributed by atoms with E-state index in [0.717, 1.165) is 18.4 Å². The highest BCUT2D eigenvalue weighted by molar-refractivity contribution is 5.35. The molecule has 1 aromatic rings. The first kappa shape index (κ1) is 15.6. The minimum absolute atomic E-state index is 0.553. The highest BCUT2D eigenvalue weighted by Gasteiger charge is 2.28. The van der Waals surface area contributed by atoms with Gasteiger partial charge < -0.3 is 5.32 Å². The Hall–Kier alpha value is -0.820. The zero-order chi connectivity index (χ0) is 14.5. The van der Waals surface area contributed by atoms with Crippen LogP contribution in [0, 0.1) is 25.7 Å². The van der Waals surface area contributed by atoms with Gasteiger partial charge in [-0.3, -0.25) is 0 Å². The van der Waals surface area contributed by atoms with E-state index in [0.29, 0.717) is 6.04 Å².